The van der Waals surface area contributed by atoms with Crippen molar-refractivity contribution in [3.8, 4) is 33.9 Å². The lowest BCUT2D eigenvalue weighted by molar-refractivity contribution is 0.0947. The number of nitrogens with zero attached hydrogens (tertiary/aromatic N) is 1. The second-order valence-corrected chi connectivity index (χ2v) is 9.69. The Morgan fingerprint density at radius 2 is 1.45 bits per heavy atom. The van der Waals surface area contributed by atoms with Crippen LogP contribution in [0.2, 0.25) is 0 Å². The molecule has 0 aliphatic carbocycles. The smallest absolute Gasteiger partial charge is 0.274 e. The summed E-state index contributed by atoms with van der Waals surface area (Å²) in [6.07, 6.45) is 1.47. The van der Waals surface area contributed by atoms with Crippen molar-refractivity contribution in [2.45, 2.75) is 33.5 Å². The Morgan fingerprint density at radius 3 is 2.02 bits per heavy atom. The quantitative estimate of drug-likeness (QED) is 0.161. The van der Waals surface area contributed by atoms with Crippen molar-refractivity contribution in [1.29, 1.82) is 0 Å². The second-order valence-electron chi connectivity index (χ2n) is 9.69. The molecule has 4 aromatic carbocycles. The third-order valence-corrected chi connectivity index (χ3v) is 6.84. The Morgan fingerprint density at radius 1 is 0.833 bits per heavy atom. The van der Waals surface area contributed by atoms with E-state index >= 15 is 0 Å². The lowest BCUT2D eigenvalue weighted by Gasteiger charge is -2.17. The molecule has 0 unspecified atom stereocenters. The van der Waals surface area contributed by atoms with Gasteiger partial charge in [-0.05, 0) is 41.7 Å². The van der Waals surface area contributed by atoms with Crippen LogP contribution in [-0.4, -0.2) is 23.9 Å². The van der Waals surface area contributed by atoms with Gasteiger partial charge in [-0.1, -0.05) is 97.0 Å². The molecule has 0 spiro atoms. The molecule has 0 fully saturated rings. The molecular formula is C35H32N2O5. The van der Waals surface area contributed by atoms with Crippen LogP contribution in [0.15, 0.2) is 102 Å². The first-order valence-electron chi connectivity index (χ1n) is 14.0. The van der Waals surface area contributed by atoms with E-state index in [1.807, 2.05) is 79.7 Å². The van der Waals surface area contributed by atoms with Gasteiger partial charge in [-0.2, -0.15) is 0 Å². The molecule has 5 rings (SSSR count). The van der Waals surface area contributed by atoms with Crippen molar-refractivity contribution in [2.24, 2.45) is 0 Å². The van der Waals surface area contributed by atoms with Crippen LogP contribution < -0.4 is 14.8 Å². The van der Waals surface area contributed by atoms with Crippen molar-refractivity contribution < 1.29 is 23.6 Å². The number of nitrogens with one attached hydrogen (secondary N) is 1. The molecule has 0 saturated carbocycles. The first-order chi connectivity index (χ1) is 20.6. The van der Waals surface area contributed by atoms with Gasteiger partial charge in [-0.15, -0.1) is 0 Å². The van der Waals surface area contributed by atoms with Crippen LogP contribution >= 0.6 is 0 Å². The number of carbonyl (C=O) groups excluding carboxylic acids is 2. The third kappa shape index (κ3) is 6.41. The molecule has 0 bridgehead atoms. The molecule has 0 radical (unpaired) electrons. The molecule has 212 valence electrons. The van der Waals surface area contributed by atoms with Gasteiger partial charge in [-0.3, -0.25) is 9.59 Å². The van der Waals surface area contributed by atoms with Gasteiger partial charge in [-0.25, -0.2) is 0 Å². The van der Waals surface area contributed by atoms with Crippen LogP contribution in [-0.2, 0) is 19.6 Å². The number of hydrogen-bond donors (Lipinski definition) is 1. The molecule has 0 aliphatic heterocycles. The number of aromatic nitrogens is 1. The summed E-state index contributed by atoms with van der Waals surface area (Å²) in [5.41, 5.74) is 5.54. The molecular weight excluding hydrogens is 528 g/mol. The van der Waals surface area contributed by atoms with Crippen molar-refractivity contribution in [1.82, 2.24) is 10.5 Å². The summed E-state index contributed by atoms with van der Waals surface area (Å²) >= 11 is 0. The van der Waals surface area contributed by atoms with E-state index in [0.717, 1.165) is 23.0 Å². The van der Waals surface area contributed by atoms with Crippen LogP contribution in [0.25, 0.3) is 22.5 Å². The molecule has 0 aliphatic rings. The highest BCUT2D eigenvalue weighted by molar-refractivity contribution is 6.02. The van der Waals surface area contributed by atoms with E-state index in [4.69, 9.17) is 14.0 Å². The fourth-order valence-electron chi connectivity index (χ4n) is 4.65. The van der Waals surface area contributed by atoms with Crippen molar-refractivity contribution >= 4 is 12.2 Å². The lowest BCUT2D eigenvalue weighted by Crippen LogP contribution is -2.23. The van der Waals surface area contributed by atoms with Crippen molar-refractivity contribution in [2.75, 3.05) is 6.54 Å². The highest BCUT2D eigenvalue weighted by Crippen LogP contribution is 2.43. The maximum Gasteiger partial charge on any atom is 0.274 e. The highest BCUT2D eigenvalue weighted by atomic mass is 16.5. The molecule has 1 amide bonds. The van der Waals surface area contributed by atoms with Crippen molar-refractivity contribution in [3.63, 3.8) is 0 Å². The first-order valence-corrected chi connectivity index (χ1v) is 14.0. The van der Waals surface area contributed by atoms with E-state index < -0.39 is 0 Å². The average molecular weight is 561 g/mol. The maximum atomic E-state index is 13.1. The van der Waals surface area contributed by atoms with Gasteiger partial charge in [0.05, 0.1) is 11.1 Å². The summed E-state index contributed by atoms with van der Waals surface area (Å²) in [5.74, 6) is 1.27. The number of ether oxygens (including phenoxy) is 2. The maximum absolute atomic E-state index is 13.1. The van der Waals surface area contributed by atoms with Crippen LogP contribution in [0.1, 0.15) is 51.4 Å². The first kappa shape index (κ1) is 28.4. The number of benzene rings is 4. The Kier molecular flexibility index (Phi) is 9.09. The van der Waals surface area contributed by atoms with Crippen LogP contribution in [0, 0.1) is 0 Å². The van der Waals surface area contributed by atoms with Gasteiger partial charge in [0.25, 0.3) is 5.91 Å². The Labute approximate surface area is 245 Å². The largest absolute Gasteiger partial charge is 0.488 e. The minimum atomic E-state index is -0.354. The van der Waals surface area contributed by atoms with E-state index in [-0.39, 0.29) is 11.6 Å². The normalized spacial score (nSPS) is 10.7. The monoisotopic (exact) mass is 560 g/mol. The molecule has 0 atom stereocenters. The standard InChI is InChI=1S/C35H32N2O5/c1-3-27-19-29(34-32(28-17-15-24(21-38)16-18-28)33(37-42-34)35(39)36-4-2)31(41-23-26-13-9-6-10-14-26)20-30(27)40-22-25-11-7-5-8-12-25/h5-21H,3-4,22-23H2,1-2H3,(H,36,39). The predicted molar refractivity (Wildman–Crippen MR) is 162 cm³/mol. The van der Waals surface area contributed by atoms with Crippen LogP contribution in [0.4, 0.5) is 0 Å². The predicted octanol–water partition coefficient (Wildman–Crippen LogP) is 7.29. The number of rotatable bonds is 12. The van der Waals surface area contributed by atoms with E-state index in [0.29, 0.717) is 65.7 Å². The molecule has 1 aromatic heterocycles. The van der Waals surface area contributed by atoms with Gasteiger partial charge in [0.15, 0.2) is 11.5 Å². The number of aldehydes is 1. The average Bonchev–Trinajstić information content (AvgIpc) is 3.49. The molecule has 42 heavy (non-hydrogen) atoms. The zero-order valence-electron chi connectivity index (χ0n) is 23.6. The Hall–Kier alpha value is -5.17. The van der Waals surface area contributed by atoms with Gasteiger partial charge in [0, 0.05) is 18.2 Å². The molecule has 7 nitrogen and oxygen atoms in total. The Bertz CT molecular complexity index is 1640. The summed E-state index contributed by atoms with van der Waals surface area (Å²) in [4.78, 5) is 24.4. The lowest BCUT2D eigenvalue weighted by atomic mass is 9.96. The van der Waals surface area contributed by atoms with Crippen LogP contribution in [0.3, 0.4) is 0 Å². The zero-order chi connectivity index (χ0) is 29.3. The van der Waals surface area contributed by atoms with Gasteiger partial charge >= 0.3 is 0 Å². The number of hydrogen-bond acceptors (Lipinski definition) is 6. The minimum Gasteiger partial charge on any atom is -0.488 e. The third-order valence-electron chi connectivity index (χ3n) is 6.84. The minimum absolute atomic E-state index is 0.155. The summed E-state index contributed by atoms with van der Waals surface area (Å²) in [7, 11) is 0. The second kappa shape index (κ2) is 13.5. The van der Waals surface area contributed by atoms with Gasteiger partial charge in [0.2, 0.25) is 0 Å². The summed E-state index contributed by atoms with van der Waals surface area (Å²) in [6.45, 7) is 5.05. The molecule has 1 N–H and O–H groups in total. The van der Waals surface area contributed by atoms with E-state index in [9.17, 15) is 9.59 Å². The molecule has 1 heterocycles. The molecule has 7 heteroatoms. The van der Waals surface area contributed by atoms with E-state index in [1.165, 1.54) is 0 Å². The molecule has 0 saturated heterocycles. The van der Waals surface area contributed by atoms with Crippen LogP contribution in [0.5, 0.6) is 11.5 Å². The van der Waals surface area contributed by atoms with Gasteiger partial charge < -0.3 is 19.3 Å². The van der Waals surface area contributed by atoms with Gasteiger partial charge in [0.1, 0.15) is 31.0 Å². The zero-order valence-corrected chi connectivity index (χ0v) is 23.6. The summed E-state index contributed by atoms with van der Waals surface area (Å²) in [6, 6.07) is 30.7. The summed E-state index contributed by atoms with van der Waals surface area (Å²) in [5, 5.41) is 7.02. The SMILES string of the molecule is CCNC(=O)c1noc(-c2cc(CC)c(OCc3ccccc3)cc2OCc2ccccc2)c1-c1ccc(C=O)cc1. The highest BCUT2D eigenvalue weighted by Gasteiger charge is 2.27. The number of amides is 1. The van der Waals surface area contributed by atoms with Crippen molar-refractivity contribution in [3.05, 3.63) is 125 Å². The van der Waals surface area contributed by atoms with E-state index in [2.05, 4.69) is 17.4 Å². The number of aryl methyl sites for hydroxylation is 1. The Balaban J connectivity index is 1.63. The molecule has 5 aromatic rings. The van der Waals surface area contributed by atoms with E-state index in [1.54, 1.807) is 24.3 Å². The fourth-order valence-corrected chi connectivity index (χ4v) is 4.65. The summed E-state index contributed by atoms with van der Waals surface area (Å²) < 4.78 is 18.6. The fraction of sp³-hybridized carbons (Fsp3) is 0.171. The number of carbonyl (C=O) groups is 2. The topological polar surface area (TPSA) is 90.7 Å².